The Morgan fingerprint density at radius 2 is 2.25 bits per heavy atom. The van der Waals surface area contributed by atoms with Gasteiger partial charge in [-0.1, -0.05) is 0 Å². The van der Waals surface area contributed by atoms with Crippen molar-refractivity contribution in [3.63, 3.8) is 0 Å². The Hall–Kier alpha value is -1.32. The van der Waals surface area contributed by atoms with E-state index in [0.717, 1.165) is 44.6 Å². The van der Waals surface area contributed by atoms with Gasteiger partial charge in [0.05, 0.1) is 12.5 Å². The van der Waals surface area contributed by atoms with E-state index in [9.17, 15) is 4.79 Å². The second-order valence-electron chi connectivity index (χ2n) is 5.17. The van der Waals surface area contributed by atoms with Crippen molar-refractivity contribution in [1.82, 2.24) is 4.90 Å². The number of carboxylic acids is 1. The van der Waals surface area contributed by atoms with Crippen LogP contribution in [0.5, 0.6) is 0 Å². The Labute approximate surface area is 94.7 Å². The number of hydrogen-bond acceptors (Lipinski definition) is 3. The molecule has 0 saturated heterocycles. The summed E-state index contributed by atoms with van der Waals surface area (Å²) >= 11 is 0. The number of fused-ring (bicyclic) bond motifs is 1. The molecule has 86 valence electrons. The first-order chi connectivity index (χ1) is 7.69. The van der Waals surface area contributed by atoms with Crippen molar-refractivity contribution in [2.45, 2.75) is 25.7 Å². The van der Waals surface area contributed by atoms with E-state index in [2.05, 4.69) is 16.0 Å². The van der Waals surface area contributed by atoms with Crippen LogP contribution in [-0.2, 0) is 4.79 Å². The third-order valence-corrected chi connectivity index (χ3v) is 4.12. The lowest BCUT2D eigenvalue weighted by atomic mass is 9.71. The Morgan fingerprint density at radius 1 is 1.50 bits per heavy atom. The van der Waals surface area contributed by atoms with Gasteiger partial charge in [0, 0.05) is 18.2 Å². The fraction of sp³-hybridized carbons (Fsp3) is 0.667. The first kappa shape index (κ1) is 9.87. The minimum absolute atomic E-state index is 0.122. The van der Waals surface area contributed by atoms with E-state index >= 15 is 0 Å². The summed E-state index contributed by atoms with van der Waals surface area (Å²) in [7, 11) is 0. The quantitative estimate of drug-likeness (QED) is 0.728. The molecule has 0 unspecified atom stereocenters. The van der Waals surface area contributed by atoms with E-state index in [-0.39, 0.29) is 11.3 Å². The number of rotatable bonds is 1. The topological polar surface area (TPSA) is 52.9 Å². The highest BCUT2D eigenvalue weighted by Crippen LogP contribution is 2.46. The molecule has 3 rings (SSSR count). The lowest BCUT2D eigenvalue weighted by Crippen LogP contribution is -2.34. The molecule has 0 aromatic rings. The lowest BCUT2D eigenvalue weighted by Gasteiger charge is -2.35. The Morgan fingerprint density at radius 3 is 2.88 bits per heavy atom. The molecule has 4 heteroatoms. The molecular weight excluding hydrogens is 204 g/mol. The first-order valence-corrected chi connectivity index (χ1v) is 5.92. The van der Waals surface area contributed by atoms with Crippen molar-refractivity contribution in [1.29, 1.82) is 0 Å². The van der Waals surface area contributed by atoms with E-state index in [1.54, 1.807) is 0 Å². The van der Waals surface area contributed by atoms with Crippen LogP contribution < -0.4 is 0 Å². The largest absolute Gasteiger partial charge is 0.481 e. The highest BCUT2D eigenvalue weighted by molar-refractivity contribution is 5.70. The van der Waals surface area contributed by atoms with E-state index in [1.165, 1.54) is 0 Å². The van der Waals surface area contributed by atoms with Crippen molar-refractivity contribution in [2.75, 3.05) is 13.1 Å². The molecule has 0 atom stereocenters. The molecule has 1 spiro atoms. The molecule has 0 radical (unpaired) electrons. The van der Waals surface area contributed by atoms with Crippen LogP contribution in [0.25, 0.3) is 0 Å². The number of carbonyl (C=O) groups is 1. The third-order valence-electron chi connectivity index (χ3n) is 4.12. The van der Waals surface area contributed by atoms with Crippen molar-refractivity contribution in [3.8, 4) is 0 Å². The summed E-state index contributed by atoms with van der Waals surface area (Å²) in [5.74, 6) is 0.357. The van der Waals surface area contributed by atoms with E-state index in [4.69, 9.17) is 5.11 Å². The van der Waals surface area contributed by atoms with Gasteiger partial charge in [-0.2, -0.15) is 0 Å². The molecular formula is C12H16N2O2. The maximum absolute atomic E-state index is 10.9. The molecule has 0 aromatic carbocycles. The molecule has 1 aliphatic carbocycles. The van der Waals surface area contributed by atoms with Crippen LogP contribution >= 0.6 is 0 Å². The molecule has 3 aliphatic rings. The van der Waals surface area contributed by atoms with Crippen LogP contribution in [0.4, 0.5) is 0 Å². The minimum atomic E-state index is -0.626. The first-order valence-electron chi connectivity index (χ1n) is 5.92. The molecule has 0 aromatic heterocycles. The average Bonchev–Trinajstić information content (AvgIpc) is 2.77. The summed E-state index contributed by atoms with van der Waals surface area (Å²) in [6, 6.07) is 0. The molecule has 4 nitrogen and oxygen atoms in total. The zero-order valence-corrected chi connectivity index (χ0v) is 9.22. The molecule has 0 bridgehead atoms. The zero-order valence-electron chi connectivity index (χ0n) is 9.22. The molecule has 1 N–H and O–H groups in total. The van der Waals surface area contributed by atoms with Gasteiger partial charge in [-0.3, -0.25) is 4.79 Å². The van der Waals surface area contributed by atoms with Gasteiger partial charge in [0.1, 0.15) is 5.82 Å². The van der Waals surface area contributed by atoms with E-state index in [1.807, 2.05) is 6.21 Å². The summed E-state index contributed by atoms with van der Waals surface area (Å²) in [6.07, 6.45) is 7.85. The number of aliphatic imine (C=N–C) groups is 1. The molecule has 1 fully saturated rings. The van der Waals surface area contributed by atoms with Crippen molar-refractivity contribution < 1.29 is 9.90 Å². The lowest BCUT2D eigenvalue weighted by molar-refractivity contribution is -0.143. The summed E-state index contributed by atoms with van der Waals surface area (Å²) in [4.78, 5) is 17.5. The summed E-state index contributed by atoms with van der Waals surface area (Å²) in [6.45, 7) is 1.96. The maximum Gasteiger partial charge on any atom is 0.306 e. The fourth-order valence-electron chi connectivity index (χ4n) is 3.12. The van der Waals surface area contributed by atoms with Crippen molar-refractivity contribution in [2.24, 2.45) is 16.3 Å². The standard InChI is InChI=1S/C12H16N2O2/c15-11(16)9-1-3-12(4-2-9)7-10-13-5-6-14(10)8-12/h5,7,9H,1-4,6,8H2,(H,15,16). The summed E-state index contributed by atoms with van der Waals surface area (Å²) in [5, 5.41) is 8.98. The van der Waals surface area contributed by atoms with E-state index < -0.39 is 5.97 Å². The Kier molecular flexibility index (Phi) is 2.06. The Bertz CT molecular complexity index is 378. The fourth-order valence-corrected chi connectivity index (χ4v) is 3.12. The second kappa shape index (κ2) is 3.34. The molecule has 0 amide bonds. The van der Waals surface area contributed by atoms with Gasteiger partial charge in [0.2, 0.25) is 0 Å². The Balaban J connectivity index is 1.72. The van der Waals surface area contributed by atoms with Crippen molar-refractivity contribution in [3.05, 3.63) is 11.9 Å². The highest BCUT2D eigenvalue weighted by Gasteiger charge is 2.42. The summed E-state index contributed by atoms with van der Waals surface area (Å²) in [5.41, 5.74) is 0.221. The average molecular weight is 220 g/mol. The third kappa shape index (κ3) is 1.44. The summed E-state index contributed by atoms with van der Waals surface area (Å²) < 4.78 is 0. The minimum Gasteiger partial charge on any atom is -0.481 e. The smallest absolute Gasteiger partial charge is 0.306 e. The van der Waals surface area contributed by atoms with E-state index in [0.29, 0.717) is 0 Å². The van der Waals surface area contributed by atoms with Gasteiger partial charge < -0.3 is 10.0 Å². The van der Waals surface area contributed by atoms with Gasteiger partial charge in [-0.25, -0.2) is 4.99 Å². The predicted octanol–water partition coefficient (Wildman–Crippen LogP) is 1.49. The normalized spacial score (nSPS) is 36.6. The van der Waals surface area contributed by atoms with Gasteiger partial charge in [0.25, 0.3) is 0 Å². The van der Waals surface area contributed by atoms with Crippen LogP contribution in [-0.4, -0.2) is 35.3 Å². The van der Waals surface area contributed by atoms with Crippen LogP contribution in [0.1, 0.15) is 25.7 Å². The number of hydrogen-bond donors (Lipinski definition) is 1. The van der Waals surface area contributed by atoms with Gasteiger partial charge in [-0.15, -0.1) is 0 Å². The maximum atomic E-state index is 10.9. The number of aliphatic carboxylic acids is 1. The number of carboxylic acid groups (broad SMARTS) is 1. The van der Waals surface area contributed by atoms with Gasteiger partial charge >= 0.3 is 5.97 Å². The number of nitrogens with zero attached hydrogens (tertiary/aromatic N) is 2. The molecule has 2 heterocycles. The van der Waals surface area contributed by atoms with Crippen LogP contribution in [0, 0.1) is 11.3 Å². The van der Waals surface area contributed by atoms with Crippen molar-refractivity contribution >= 4 is 12.2 Å². The highest BCUT2D eigenvalue weighted by atomic mass is 16.4. The zero-order chi connectivity index (χ0) is 11.2. The van der Waals surface area contributed by atoms with Gasteiger partial charge in [-0.05, 0) is 31.8 Å². The molecule has 2 aliphatic heterocycles. The van der Waals surface area contributed by atoms with Crippen LogP contribution in [0.2, 0.25) is 0 Å². The monoisotopic (exact) mass is 220 g/mol. The molecule has 16 heavy (non-hydrogen) atoms. The van der Waals surface area contributed by atoms with Crippen LogP contribution in [0.15, 0.2) is 16.9 Å². The predicted molar refractivity (Wildman–Crippen MR) is 60.2 cm³/mol. The second-order valence-corrected chi connectivity index (χ2v) is 5.17. The van der Waals surface area contributed by atoms with Gasteiger partial charge in [0.15, 0.2) is 0 Å². The van der Waals surface area contributed by atoms with Crippen LogP contribution in [0.3, 0.4) is 0 Å². The SMILES string of the molecule is O=C(O)C1CCC2(C=C3N=CCN3C2)CC1. The molecule has 1 saturated carbocycles.